The van der Waals surface area contributed by atoms with E-state index < -0.39 is 11.6 Å². The zero-order valence-electron chi connectivity index (χ0n) is 15.7. The van der Waals surface area contributed by atoms with Crippen LogP contribution < -0.4 is 10.1 Å². The first-order chi connectivity index (χ1) is 14.0. The third kappa shape index (κ3) is 3.71. The average Bonchev–Trinajstić information content (AvgIpc) is 3.33. The standard InChI is InChI=1S/C22H19FN2O4/c1-22(19-3-2-12-28-19)20(26)25(21(27)24-22)13-15-6-10-18(11-7-15)29-14-16-4-8-17(23)9-5-16/h2-12H,13-14H2,1H3,(H,24,27)/t22-/m0/s1. The maximum absolute atomic E-state index is 12.9. The Kier molecular flexibility index (Phi) is 4.80. The molecule has 0 spiro atoms. The molecule has 1 fully saturated rings. The topological polar surface area (TPSA) is 71.8 Å². The van der Waals surface area contributed by atoms with Crippen molar-refractivity contribution in [3.8, 4) is 5.75 Å². The zero-order chi connectivity index (χ0) is 20.4. The van der Waals surface area contributed by atoms with Crippen LogP contribution in [0.4, 0.5) is 9.18 Å². The fourth-order valence-electron chi connectivity index (χ4n) is 3.19. The molecule has 6 nitrogen and oxygen atoms in total. The molecule has 1 aliphatic heterocycles. The highest BCUT2D eigenvalue weighted by Gasteiger charge is 2.50. The molecule has 29 heavy (non-hydrogen) atoms. The summed E-state index contributed by atoms with van der Waals surface area (Å²) in [5.74, 6) is 0.370. The predicted octanol–water partition coefficient (Wildman–Crippen LogP) is 3.96. The molecular weight excluding hydrogens is 375 g/mol. The number of rotatable bonds is 6. The van der Waals surface area contributed by atoms with Crippen molar-refractivity contribution < 1.29 is 23.1 Å². The van der Waals surface area contributed by atoms with Crippen molar-refractivity contribution in [1.82, 2.24) is 10.2 Å². The zero-order valence-corrected chi connectivity index (χ0v) is 15.7. The number of halogens is 1. The Morgan fingerprint density at radius 2 is 1.72 bits per heavy atom. The molecular formula is C22H19FN2O4. The number of nitrogens with zero attached hydrogens (tertiary/aromatic N) is 1. The molecule has 0 bridgehead atoms. The fraction of sp³-hybridized carbons (Fsp3) is 0.182. The Labute approximate surface area is 166 Å². The molecule has 148 valence electrons. The second-order valence-electron chi connectivity index (χ2n) is 6.98. The van der Waals surface area contributed by atoms with Crippen molar-refractivity contribution >= 4 is 11.9 Å². The van der Waals surface area contributed by atoms with Crippen molar-refractivity contribution in [2.45, 2.75) is 25.6 Å². The number of benzene rings is 2. The van der Waals surface area contributed by atoms with Crippen LogP contribution in [0.3, 0.4) is 0 Å². The van der Waals surface area contributed by atoms with Gasteiger partial charge in [-0.3, -0.25) is 9.69 Å². The first kappa shape index (κ1) is 18.7. The molecule has 7 heteroatoms. The van der Waals surface area contributed by atoms with Crippen LogP contribution in [0.2, 0.25) is 0 Å². The number of carbonyl (C=O) groups excluding carboxylic acids is 2. The van der Waals surface area contributed by atoms with Gasteiger partial charge in [0.25, 0.3) is 5.91 Å². The van der Waals surface area contributed by atoms with Gasteiger partial charge in [0, 0.05) is 0 Å². The molecule has 1 aromatic heterocycles. The van der Waals surface area contributed by atoms with E-state index in [4.69, 9.17) is 9.15 Å². The molecule has 3 amide bonds. The lowest BCUT2D eigenvalue weighted by Crippen LogP contribution is -2.40. The minimum absolute atomic E-state index is 0.138. The Morgan fingerprint density at radius 3 is 2.38 bits per heavy atom. The second-order valence-corrected chi connectivity index (χ2v) is 6.98. The first-order valence-corrected chi connectivity index (χ1v) is 9.10. The van der Waals surface area contributed by atoms with Crippen LogP contribution in [0.5, 0.6) is 5.75 Å². The molecule has 2 aromatic carbocycles. The van der Waals surface area contributed by atoms with Crippen LogP contribution in [0.1, 0.15) is 23.8 Å². The van der Waals surface area contributed by atoms with Gasteiger partial charge in [-0.05, 0) is 54.4 Å². The van der Waals surface area contributed by atoms with E-state index in [1.54, 1.807) is 55.5 Å². The van der Waals surface area contributed by atoms with Crippen LogP contribution in [0.15, 0.2) is 71.3 Å². The molecule has 0 saturated carbocycles. The Morgan fingerprint density at radius 1 is 1.03 bits per heavy atom. The van der Waals surface area contributed by atoms with Crippen molar-refractivity contribution in [3.05, 3.63) is 89.6 Å². The maximum atomic E-state index is 12.9. The largest absolute Gasteiger partial charge is 0.489 e. The van der Waals surface area contributed by atoms with Gasteiger partial charge in [0.1, 0.15) is 23.9 Å². The van der Waals surface area contributed by atoms with Gasteiger partial charge in [0.05, 0.1) is 12.8 Å². The van der Waals surface area contributed by atoms with Crippen molar-refractivity contribution in [1.29, 1.82) is 0 Å². The Hall–Kier alpha value is -3.61. The number of imide groups is 1. The number of carbonyl (C=O) groups is 2. The van der Waals surface area contributed by atoms with Gasteiger partial charge in [-0.2, -0.15) is 0 Å². The van der Waals surface area contributed by atoms with Crippen molar-refractivity contribution in [2.24, 2.45) is 0 Å². The third-order valence-corrected chi connectivity index (χ3v) is 4.87. The number of furan rings is 1. The summed E-state index contributed by atoms with van der Waals surface area (Å²) in [6.45, 7) is 2.08. The van der Waals surface area contributed by atoms with E-state index >= 15 is 0 Å². The molecule has 1 saturated heterocycles. The van der Waals surface area contributed by atoms with E-state index in [9.17, 15) is 14.0 Å². The van der Waals surface area contributed by atoms with Gasteiger partial charge in [0.2, 0.25) is 0 Å². The van der Waals surface area contributed by atoms with Crippen LogP contribution in [0.25, 0.3) is 0 Å². The first-order valence-electron chi connectivity index (χ1n) is 9.10. The van der Waals surface area contributed by atoms with E-state index in [1.807, 2.05) is 0 Å². The van der Waals surface area contributed by atoms with Crippen LogP contribution >= 0.6 is 0 Å². The quantitative estimate of drug-likeness (QED) is 0.643. The average molecular weight is 394 g/mol. The Balaban J connectivity index is 1.40. The van der Waals surface area contributed by atoms with Gasteiger partial charge in [-0.15, -0.1) is 0 Å². The van der Waals surface area contributed by atoms with E-state index in [0.717, 1.165) is 16.0 Å². The third-order valence-electron chi connectivity index (χ3n) is 4.87. The molecule has 0 aliphatic carbocycles. The second kappa shape index (κ2) is 7.43. The van der Waals surface area contributed by atoms with Crippen LogP contribution in [0, 0.1) is 5.82 Å². The summed E-state index contributed by atoms with van der Waals surface area (Å²) in [5, 5.41) is 2.70. The summed E-state index contributed by atoms with van der Waals surface area (Å²) in [4.78, 5) is 26.3. The molecule has 3 aromatic rings. The number of nitrogens with one attached hydrogen (secondary N) is 1. The van der Waals surface area contributed by atoms with Gasteiger partial charge in [-0.1, -0.05) is 24.3 Å². The molecule has 0 unspecified atom stereocenters. The lowest BCUT2D eigenvalue weighted by atomic mass is 9.99. The maximum Gasteiger partial charge on any atom is 0.325 e. The normalized spacial score (nSPS) is 18.8. The molecule has 1 N–H and O–H groups in total. The highest BCUT2D eigenvalue weighted by atomic mass is 19.1. The number of hydrogen-bond donors (Lipinski definition) is 1. The number of hydrogen-bond acceptors (Lipinski definition) is 4. The van der Waals surface area contributed by atoms with E-state index in [2.05, 4.69) is 5.32 Å². The molecule has 4 rings (SSSR count). The van der Waals surface area contributed by atoms with E-state index in [1.165, 1.54) is 18.4 Å². The summed E-state index contributed by atoms with van der Waals surface area (Å²) in [7, 11) is 0. The minimum Gasteiger partial charge on any atom is -0.489 e. The SMILES string of the molecule is C[C@@]1(c2ccco2)NC(=O)N(Cc2ccc(OCc3ccc(F)cc3)cc2)C1=O. The van der Waals surface area contributed by atoms with Gasteiger partial charge in [-0.25, -0.2) is 9.18 Å². The lowest BCUT2D eigenvalue weighted by molar-refractivity contribution is -0.132. The highest BCUT2D eigenvalue weighted by Crippen LogP contribution is 2.30. The molecule has 0 radical (unpaired) electrons. The summed E-state index contributed by atoms with van der Waals surface area (Å²) in [6.07, 6.45) is 1.47. The van der Waals surface area contributed by atoms with Gasteiger partial charge < -0.3 is 14.5 Å². The summed E-state index contributed by atoms with van der Waals surface area (Å²) >= 11 is 0. The summed E-state index contributed by atoms with van der Waals surface area (Å²) in [5.41, 5.74) is 0.428. The van der Waals surface area contributed by atoms with Gasteiger partial charge in [0.15, 0.2) is 5.54 Å². The molecule has 2 heterocycles. The van der Waals surface area contributed by atoms with Crippen molar-refractivity contribution in [3.63, 3.8) is 0 Å². The highest BCUT2D eigenvalue weighted by molar-refractivity contribution is 6.06. The Bertz CT molecular complexity index is 1020. The molecule has 1 atom stereocenters. The monoisotopic (exact) mass is 394 g/mol. The minimum atomic E-state index is -1.21. The number of amides is 3. The number of urea groups is 1. The van der Waals surface area contributed by atoms with E-state index in [0.29, 0.717) is 18.1 Å². The van der Waals surface area contributed by atoms with Crippen LogP contribution in [-0.4, -0.2) is 16.8 Å². The summed E-state index contributed by atoms with van der Waals surface area (Å²) < 4.78 is 24.0. The van der Waals surface area contributed by atoms with Crippen molar-refractivity contribution in [2.75, 3.05) is 0 Å². The van der Waals surface area contributed by atoms with Crippen LogP contribution in [-0.2, 0) is 23.5 Å². The summed E-state index contributed by atoms with van der Waals surface area (Å²) in [6, 6.07) is 16.1. The molecule has 1 aliphatic rings. The predicted molar refractivity (Wildman–Crippen MR) is 102 cm³/mol. The lowest BCUT2D eigenvalue weighted by Gasteiger charge is -2.19. The van der Waals surface area contributed by atoms with E-state index in [-0.39, 0.29) is 18.3 Å². The number of ether oxygens (including phenoxy) is 1. The fourth-order valence-corrected chi connectivity index (χ4v) is 3.19. The van der Waals surface area contributed by atoms with Gasteiger partial charge >= 0.3 is 6.03 Å². The smallest absolute Gasteiger partial charge is 0.325 e.